The molecule has 7 aromatic carbocycles. The fourth-order valence-electron chi connectivity index (χ4n) is 9.86. The Hall–Kier alpha value is -7.17. The Labute approximate surface area is 330 Å². The standard InChI is InChI=1S/C53H36N2O2/c1-2-15-33(16-3-1)52-54-46(34-29-30-40-39-21-8-12-27-48(39)56-50(40)31-34)32-47(55-52)38-20-5-4-17-35(38)41-22-14-26-45-51(41)57-49-28-13-11-25-44(49)53(45)42-23-9-6-18-36(42)37-19-7-10-24-43(37)53/h1-6,8-18,20-32,46H,7,19H2,(H,54,55). The number of nitrogens with zero attached hydrogens (tertiary/aromatic N) is 1. The Morgan fingerprint density at radius 2 is 1.32 bits per heavy atom. The van der Waals surface area contributed by atoms with E-state index in [0.29, 0.717) is 0 Å². The number of ether oxygens (including phenoxy) is 1. The van der Waals surface area contributed by atoms with E-state index in [0.717, 1.165) is 85.6 Å². The van der Waals surface area contributed by atoms with E-state index in [-0.39, 0.29) is 6.04 Å². The minimum absolute atomic E-state index is 0.159. The predicted molar refractivity (Wildman–Crippen MR) is 231 cm³/mol. The molecule has 4 nitrogen and oxygen atoms in total. The van der Waals surface area contributed by atoms with Gasteiger partial charge in [0.1, 0.15) is 28.5 Å². The zero-order chi connectivity index (χ0) is 37.5. The average molecular weight is 733 g/mol. The molecule has 3 heterocycles. The summed E-state index contributed by atoms with van der Waals surface area (Å²) in [5.41, 5.74) is 15.3. The van der Waals surface area contributed by atoms with Gasteiger partial charge in [0.05, 0.1) is 17.2 Å². The fourth-order valence-corrected chi connectivity index (χ4v) is 9.86. The summed E-state index contributed by atoms with van der Waals surface area (Å²) < 4.78 is 13.5. The first-order chi connectivity index (χ1) is 28.3. The summed E-state index contributed by atoms with van der Waals surface area (Å²) in [7, 11) is 0. The van der Waals surface area contributed by atoms with Crippen LogP contribution in [0.5, 0.6) is 11.5 Å². The highest BCUT2D eigenvalue weighted by atomic mass is 16.5. The highest BCUT2D eigenvalue weighted by molar-refractivity contribution is 6.06. The third kappa shape index (κ3) is 4.71. The van der Waals surface area contributed by atoms with E-state index >= 15 is 0 Å². The zero-order valence-corrected chi connectivity index (χ0v) is 31.1. The van der Waals surface area contributed by atoms with Crippen LogP contribution >= 0.6 is 0 Å². The number of aliphatic imine (C=N–C) groups is 1. The maximum atomic E-state index is 7.11. The Bertz CT molecular complexity index is 3090. The van der Waals surface area contributed by atoms with Crippen molar-refractivity contribution in [3.63, 3.8) is 0 Å². The summed E-state index contributed by atoms with van der Waals surface area (Å²) in [6, 6.07) is 58.0. The summed E-state index contributed by atoms with van der Waals surface area (Å²) in [6.45, 7) is 0. The van der Waals surface area contributed by atoms with E-state index in [2.05, 4.69) is 169 Å². The lowest BCUT2D eigenvalue weighted by Crippen LogP contribution is -2.33. The van der Waals surface area contributed by atoms with Crippen molar-refractivity contribution in [3.8, 4) is 22.6 Å². The van der Waals surface area contributed by atoms with Crippen LogP contribution in [0.4, 0.5) is 0 Å². The highest BCUT2D eigenvalue weighted by Crippen LogP contribution is 2.63. The summed E-state index contributed by atoms with van der Waals surface area (Å²) in [4.78, 5) is 5.37. The van der Waals surface area contributed by atoms with Crippen LogP contribution in [0.25, 0.3) is 44.3 Å². The molecular formula is C53H36N2O2. The lowest BCUT2D eigenvalue weighted by Gasteiger charge is -2.41. The molecule has 57 heavy (non-hydrogen) atoms. The fraction of sp³-hybridized carbons (Fsp3) is 0.0755. The molecule has 0 bridgehead atoms. The summed E-state index contributed by atoms with van der Waals surface area (Å²) in [6.07, 6.45) is 9.05. The molecule has 12 rings (SSSR count). The van der Waals surface area contributed by atoms with Crippen LogP contribution in [0.2, 0.25) is 0 Å². The Balaban J connectivity index is 1.06. The summed E-state index contributed by atoms with van der Waals surface area (Å²) >= 11 is 0. The molecule has 1 spiro atoms. The normalized spacial score (nSPS) is 19.0. The third-order valence-electron chi connectivity index (χ3n) is 12.3. The number of hydrogen-bond donors (Lipinski definition) is 1. The quantitative estimate of drug-likeness (QED) is 0.196. The second-order valence-electron chi connectivity index (χ2n) is 15.3. The van der Waals surface area contributed by atoms with E-state index < -0.39 is 5.41 Å². The van der Waals surface area contributed by atoms with Crippen LogP contribution in [0.15, 0.2) is 197 Å². The molecule has 0 saturated heterocycles. The second kappa shape index (κ2) is 12.4. The van der Waals surface area contributed by atoms with Crippen LogP contribution in [0, 0.1) is 0 Å². The van der Waals surface area contributed by atoms with Gasteiger partial charge >= 0.3 is 0 Å². The van der Waals surface area contributed by atoms with Gasteiger partial charge in [0, 0.05) is 38.6 Å². The molecule has 270 valence electrons. The van der Waals surface area contributed by atoms with Crippen molar-refractivity contribution in [2.24, 2.45) is 4.99 Å². The molecule has 2 aliphatic carbocycles. The SMILES string of the molecule is C1=CC2=C(CC1)c1ccccc1C21c2ccccc2Oc2c(-c3ccccc3C3=CC(c4ccc5c(c4)oc4ccccc45)NC(c4ccccc4)=N3)cccc21. The van der Waals surface area contributed by atoms with Crippen LogP contribution in [0.1, 0.15) is 57.8 Å². The van der Waals surface area contributed by atoms with Crippen LogP contribution in [-0.4, -0.2) is 5.84 Å². The van der Waals surface area contributed by atoms with E-state index in [1.165, 1.54) is 33.4 Å². The van der Waals surface area contributed by atoms with Gasteiger partial charge in [-0.05, 0) is 70.5 Å². The molecule has 2 atom stereocenters. The number of benzene rings is 7. The molecule has 2 aliphatic heterocycles. The smallest absolute Gasteiger partial charge is 0.140 e. The van der Waals surface area contributed by atoms with Gasteiger partial charge in [-0.15, -0.1) is 0 Å². The minimum atomic E-state index is -0.495. The molecular weight excluding hydrogens is 697 g/mol. The van der Waals surface area contributed by atoms with Crippen molar-refractivity contribution in [1.82, 2.24) is 5.32 Å². The molecule has 1 aromatic heterocycles. The second-order valence-corrected chi connectivity index (χ2v) is 15.3. The first kappa shape index (κ1) is 32.1. The largest absolute Gasteiger partial charge is 0.456 e. The van der Waals surface area contributed by atoms with Gasteiger partial charge in [-0.1, -0.05) is 158 Å². The molecule has 0 amide bonds. The van der Waals surface area contributed by atoms with E-state index in [9.17, 15) is 0 Å². The molecule has 0 radical (unpaired) electrons. The molecule has 1 N–H and O–H groups in total. The van der Waals surface area contributed by atoms with E-state index in [4.69, 9.17) is 14.1 Å². The first-order valence-corrected chi connectivity index (χ1v) is 19.8. The number of allylic oxidation sites excluding steroid dienone is 4. The van der Waals surface area contributed by atoms with Crippen molar-refractivity contribution in [1.29, 1.82) is 0 Å². The van der Waals surface area contributed by atoms with Crippen molar-refractivity contribution in [2.75, 3.05) is 0 Å². The van der Waals surface area contributed by atoms with Gasteiger partial charge in [0.25, 0.3) is 0 Å². The third-order valence-corrected chi connectivity index (χ3v) is 12.3. The molecule has 2 unspecified atom stereocenters. The number of nitrogens with one attached hydrogen (secondary N) is 1. The van der Waals surface area contributed by atoms with Crippen molar-refractivity contribution in [2.45, 2.75) is 24.3 Å². The lowest BCUT2D eigenvalue weighted by molar-refractivity contribution is 0.437. The zero-order valence-electron chi connectivity index (χ0n) is 31.1. The van der Waals surface area contributed by atoms with Gasteiger partial charge < -0.3 is 14.5 Å². The molecule has 0 saturated carbocycles. The van der Waals surface area contributed by atoms with E-state index in [1.807, 2.05) is 18.2 Å². The number of furan rings is 1. The lowest BCUT2D eigenvalue weighted by atomic mass is 9.64. The first-order valence-electron chi connectivity index (χ1n) is 19.8. The van der Waals surface area contributed by atoms with Gasteiger partial charge in [-0.3, -0.25) is 0 Å². The Morgan fingerprint density at radius 3 is 2.23 bits per heavy atom. The van der Waals surface area contributed by atoms with Gasteiger partial charge in [0.15, 0.2) is 0 Å². The molecule has 8 aromatic rings. The Morgan fingerprint density at radius 1 is 0.596 bits per heavy atom. The van der Waals surface area contributed by atoms with Crippen molar-refractivity contribution in [3.05, 3.63) is 227 Å². The monoisotopic (exact) mass is 732 g/mol. The highest BCUT2D eigenvalue weighted by Gasteiger charge is 2.52. The van der Waals surface area contributed by atoms with Crippen molar-refractivity contribution >= 4 is 39.0 Å². The van der Waals surface area contributed by atoms with E-state index in [1.54, 1.807) is 0 Å². The Kier molecular flexibility index (Phi) is 7.00. The van der Waals surface area contributed by atoms with Gasteiger partial charge in [0.2, 0.25) is 0 Å². The molecule has 4 aliphatic rings. The van der Waals surface area contributed by atoms with Crippen LogP contribution in [0.3, 0.4) is 0 Å². The molecule has 0 fully saturated rings. The van der Waals surface area contributed by atoms with Gasteiger partial charge in [-0.2, -0.15) is 0 Å². The number of rotatable bonds is 4. The topological polar surface area (TPSA) is 46.8 Å². The average Bonchev–Trinajstić information content (AvgIpc) is 3.80. The van der Waals surface area contributed by atoms with Crippen LogP contribution in [-0.2, 0) is 5.41 Å². The number of amidine groups is 1. The van der Waals surface area contributed by atoms with Crippen molar-refractivity contribution < 1.29 is 9.15 Å². The summed E-state index contributed by atoms with van der Waals surface area (Å²) in [5, 5.41) is 6.00. The number of para-hydroxylation sites is 3. The molecule has 4 heteroatoms. The summed E-state index contributed by atoms with van der Waals surface area (Å²) in [5.74, 6) is 2.60. The number of fused-ring (bicyclic) bond motifs is 11. The van der Waals surface area contributed by atoms with Gasteiger partial charge in [-0.25, -0.2) is 4.99 Å². The maximum absolute atomic E-state index is 7.11. The minimum Gasteiger partial charge on any atom is -0.456 e. The predicted octanol–water partition coefficient (Wildman–Crippen LogP) is 12.9. The van der Waals surface area contributed by atoms with Crippen LogP contribution < -0.4 is 10.1 Å². The number of hydrogen-bond acceptors (Lipinski definition) is 4. The maximum Gasteiger partial charge on any atom is 0.140 e.